The van der Waals surface area contributed by atoms with E-state index in [0.717, 1.165) is 5.56 Å². The van der Waals surface area contributed by atoms with E-state index in [4.69, 9.17) is 10.9 Å². The van der Waals surface area contributed by atoms with E-state index in [2.05, 4.69) is 10.4 Å². The zero-order valence-corrected chi connectivity index (χ0v) is 12.1. The second-order valence-electron chi connectivity index (χ2n) is 4.48. The van der Waals surface area contributed by atoms with Crippen LogP contribution in [0.2, 0.25) is 0 Å². The second-order valence-corrected chi connectivity index (χ2v) is 6.04. The molecule has 9 heteroatoms. The van der Waals surface area contributed by atoms with Gasteiger partial charge in [0.05, 0.1) is 10.6 Å². The van der Waals surface area contributed by atoms with Crippen LogP contribution < -0.4 is 16.2 Å². The summed E-state index contributed by atoms with van der Waals surface area (Å²) in [6.07, 6.45) is 1.54. The Hall–Kier alpha value is -2.39. The van der Waals surface area contributed by atoms with E-state index in [1.807, 2.05) is 0 Å². The summed E-state index contributed by atoms with van der Waals surface area (Å²) in [4.78, 5) is 11.9. The number of carbonyl (C=O) groups is 1. The minimum absolute atomic E-state index is 0.0200. The molecule has 2 rings (SSSR count). The smallest absolute Gasteiger partial charge is 0.274 e. The van der Waals surface area contributed by atoms with E-state index in [0.29, 0.717) is 5.69 Å². The lowest BCUT2D eigenvalue weighted by Gasteiger charge is -2.05. The monoisotopic (exact) mass is 309 g/mol. The summed E-state index contributed by atoms with van der Waals surface area (Å²) in [6, 6.07) is 5.90. The van der Waals surface area contributed by atoms with E-state index in [1.165, 1.54) is 23.0 Å². The molecule has 1 heterocycles. The van der Waals surface area contributed by atoms with Crippen molar-refractivity contribution >= 4 is 21.6 Å². The Balaban J connectivity index is 2.03. The first-order valence-electron chi connectivity index (χ1n) is 5.96. The van der Waals surface area contributed by atoms with Crippen LogP contribution in [0.5, 0.6) is 0 Å². The topological polar surface area (TPSA) is 133 Å². The Bertz CT molecular complexity index is 765. The number of nitrogens with zero attached hydrogens (tertiary/aromatic N) is 2. The zero-order chi connectivity index (χ0) is 15.6. The number of benzene rings is 1. The lowest BCUT2D eigenvalue weighted by Crippen LogP contribution is -2.24. The molecule has 2 aromatic rings. The number of rotatable bonds is 4. The Morgan fingerprint density at radius 1 is 1.33 bits per heavy atom. The second kappa shape index (κ2) is 5.54. The number of sulfonamides is 1. The van der Waals surface area contributed by atoms with Crippen LogP contribution >= 0.6 is 0 Å². The van der Waals surface area contributed by atoms with Gasteiger partial charge in [-0.3, -0.25) is 9.48 Å². The summed E-state index contributed by atoms with van der Waals surface area (Å²) >= 11 is 0. The lowest BCUT2D eigenvalue weighted by atomic mass is 10.2. The predicted molar refractivity (Wildman–Crippen MR) is 76.6 cm³/mol. The summed E-state index contributed by atoms with van der Waals surface area (Å²) in [6.45, 7) is 0.222. The Morgan fingerprint density at radius 3 is 2.43 bits per heavy atom. The van der Waals surface area contributed by atoms with Crippen molar-refractivity contribution in [1.82, 2.24) is 15.1 Å². The van der Waals surface area contributed by atoms with Gasteiger partial charge < -0.3 is 11.1 Å². The standard InChI is InChI=1S/C12H15N5O3S/c1-17-7-10(13)11(16-17)12(18)15-6-8-2-4-9(5-3-8)21(14,19)20/h2-5,7H,6,13H2,1H3,(H,15,18)(H2,14,19,20). The first kappa shape index (κ1) is 15.0. The van der Waals surface area contributed by atoms with Crippen molar-refractivity contribution in [2.24, 2.45) is 12.2 Å². The molecule has 0 fully saturated rings. The molecule has 0 saturated carbocycles. The van der Waals surface area contributed by atoms with Crippen LogP contribution in [0.4, 0.5) is 5.69 Å². The maximum atomic E-state index is 11.9. The Morgan fingerprint density at radius 2 is 1.95 bits per heavy atom. The fourth-order valence-electron chi connectivity index (χ4n) is 1.75. The molecule has 0 aliphatic rings. The normalized spacial score (nSPS) is 11.3. The van der Waals surface area contributed by atoms with Gasteiger partial charge in [0.15, 0.2) is 5.69 Å². The van der Waals surface area contributed by atoms with Gasteiger partial charge in [0, 0.05) is 19.8 Å². The number of nitrogen functional groups attached to an aromatic ring is 1. The van der Waals surface area contributed by atoms with Gasteiger partial charge in [-0.1, -0.05) is 12.1 Å². The number of primary sulfonamides is 1. The first-order chi connectivity index (χ1) is 9.77. The zero-order valence-electron chi connectivity index (χ0n) is 11.3. The third-order valence-electron chi connectivity index (χ3n) is 2.78. The van der Waals surface area contributed by atoms with Crippen LogP contribution in [0.3, 0.4) is 0 Å². The number of aromatic nitrogens is 2. The van der Waals surface area contributed by atoms with Crippen molar-refractivity contribution in [2.45, 2.75) is 11.4 Å². The van der Waals surface area contributed by atoms with Crippen LogP contribution in [0.15, 0.2) is 35.4 Å². The lowest BCUT2D eigenvalue weighted by molar-refractivity contribution is 0.0946. The third-order valence-corrected chi connectivity index (χ3v) is 3.71. The van der Waals surface area contributed by atoms with Crippen molar-refractivity contribution in [3.05, 3.63) is 41.7 Å². The quantitative estimate of drug-likeness (QED) is 0.705. The number of nitrogens with two attached hydrogens (primary N) is 2. The van der Waals surface area contributed by atoms with E-state index < -0.39 is 15.9 Å². The molecule has 8 nitrogen and oxygen atoms in total. The van der Waals surface area contributed by atoms with Crippen LogP contribution in [0, 0.1) is 0 Å². The Labute approximate surface area is 121 Å². The maximum Gasteiger partial charge on any atom is 0.274 e. The summed E-state index contributed by atoms with van der Waals surface area (Å²) in [7, 11) is -2.05. The molecule has 0 saturated heterocycles. The van der Waals surface area contributed by atoms with Gasteiger partial charge in [-0.2, -0.15) is 5.10 Å². The number of hydrogen-bond donors (Lipinski definition) is 3. The van der Waals surface area contributed by atoms with Crippen molar-refractivity contribution in [1.29, 1.82) is 0 Å². The average Bonchev–Trinajstić information content (AvgIpc) is 2.74. The molecule has 0 atom stereocenters. The van der Waals surface area contributed by atoms with E-state index in [-0.39, 0.29) is 17.1 Å². The molecule has 1 amide bonds. The summed E-state index contributed by atoms with van der Waals surface area (Å²) in [5, 5.41) is 11.6. The SMILES string of the molecule is Cn1cc(N)c(C(=O)NCc2ccc(S(N)(=O)=O)cc2)n1. The molecule has 0 aliphatic carbocycles. The van der Waals surface area contributed by atoms with Gasteiger partial charge in [-0.05, 0) is 17.7 Å². The minimum Gasteiger partial charge on any atom is -0.396 e. The fraction of sp³-hybridized carbons (Fsp3) is 0.167. The largest absolute Gasteiger partial charge is 0.396 e. The van der Waals surface area contributed by atoms with E-state index >= 15 is 0 Å². The van der Waals surface area contributed by atoms with Gasteiger partial charge in [0.25, 0.3) is 5.91 Å². The molecule has 0 unspecified atom stereocenters. The highest BCUT2D eigenvalue weighted by atomic mass is 32.2. The highest BCUT2D eigenvalue weighted by Crippen LogP contribution is 2.10. The number of hydrogen-bond acceptors (Lipinski definition) is 5. The highest BCUT2D eigenvalue weighted by Gasteiger charge is 2.13. The number of anilines is 1. The van der Waals surface area contributed by atoms with E-state index in [9.17, 15) is 13.2 Å². The first-order valence-corrected chi connectivity index (χ1v) is 7.51. The molecule has 21 heavy (non-hydrogen) atoms. The van der Waals surface area contributed by atoms with Gasteiger partial charge in [-0.15, -0.1) is 0 Å². The Kier molecular flexibility index (Phi) is 3.96. The number of amides is 1. The summed E-state index contributed by atoms with van der Waals surface area (Å²) in [5.74, 6) is -0.399. The van der Waals surface area contributed by atoms with Crippen LogP contribution in [-0.2, 0) is 23.6 Å². The number of nitrogens with one attached hydrogen (secondary N) is 1. The molecular formula is C12H15N5O3S. The molecule has 5 N–H and O–H groups in total. The molecule has 0 aliphatic heterocycles. The maximum absolute atomic E-state index is 11.9. The average molecular weight is 309 g/mol. The summed E-state index contributed by atoms with van der Waals surface area (Å²) in [5.41, 5.74) is 6.82. The highest BCUT2D eigenvalue weighted by molar-refractivity contribution is 7.89. The fourth-order valence-corrected chi connectivity index (χ4v) is 2.26. The van der Waals surface area contributed by atoms with Gasteiger partial charge in [0.1, 0.15) is 0 Å². The molecular weight excluding hydrogens is 294 g/mol. The molecule has 1 aromatic heterocycles. The van der Waals surface area contributed by atoms with Crippen LogP contribution in [-0.4, -0.2) is 24.1 Å². The van der Waals surface area contributed by atoms with Crippen LogP contribution in [0.25, 0.3) is 0 Å². The molecule has 0 bridgehead atoms. The van der Waals surface area contributed by atoms with Gasteiger partial charge in [-0.25, -0.2) is 13.6 Å². The number of carbonyl (C=O) groups excluding carboxylic acids is 1. The molecule has 0 spiro atoms. The van der Waals surface area contributed by atoms with Gasteiger partial charge in [0.2, 0.25) is 10.0 Å². The molecule has 112 valence electrons. The molecule has 1 aromatic carbocycles. The van der Waals surface area contributed by atoms with Gasteiger partial charge >= 0.3 is 0 Å². The van der Waals surface area contributed by atoms with Crippen molar-refractivity contribution < 1.29 is 13.2 Å². The van der Waals surface area contributed by atoms with E-state index in [1.54, 1.807) is 19.2 Å². The predicted octanol–water partition coefficient (Wildman–Crippen LogP) is -0.420. The minimum atomic E-state index is -3.71. The summed E-state index contributed by atoms with van der Waals surface area (Å²) < 4.78 is 23.7. The third kappa shape index (κ3) is 3.58. The number of aryl methyl sites for hydroxylation is 1. The van der Waals surface area contributed by atoms with Crippen LogP contribution in [0.1, 0.15) is 16.1 Å². The van der Waals surface area contributed by atoms with Crippen molar-refractivity contribution in [3.8, 4) is 0 Å². The van der Waals surface area contributed by atoms with Crippen molar-refractivity contribution in [3.63, 3.8) is 0 Å². The van der Waals surface area contributed by atoms with Crippen molar-refractivity contribution in [2.75, 3.05) is 5.73 Å². The molecule has 0 radical (unpaired) electrons.